The van der Waals surface area contributed by atoms with E-state index >= 15 is 0 Å². The van der Waals surface area contributed by atoms with Crippen molar-refractivity contribution in [2.45, 2.75) is 11.6 Å². The van der Waals surface area contributed by atoms with E-state index in [0.29, 0.717) is 16.9 Å². The first-order valence-electron chi connectivity index (χ1n) is 7.85. The highest BCUT2D eigenvalue weighted by atomic mass is 32.2. The van der Waals surface area contributed by atoms with Gasteiger partial charge in [-0.15, -0.1) is 5.10 Å². The number of hydrogen-bond acceptors (Lipinski definition) is 5. The van der Waals surface area contributed by atoms with Gasteiger partial charge in [-0.05, 0) is 16.7 Å². The van der Waals surface area contributed by atoms with E-state index in [4.69, 9.17) is 5.11 Å². The summed E-state index contributed by atoms with van der Waals surface area (Å²) in [6, 6.07) is 18.0. The van der Waals surface area contributed by atoms with E-state index in [1.54, 1.807) is 0 Å². The number of aliphatic hydroxyl groups is 1. The summed E-state index contributed by atoms with van der Waals surface area (Å²) in [5.74, 6) is 0.660. The number of carbonyl (C=O) groups excluding carboxylic acids is 1. The molecule has 6 nitrogen and oxygen atoms in total. The first kappa shape index (κ1) is 17.2. The van der Waals surface area contributed by atoms with Gasteiger partial charge in [-0.2, -0.15) is 4.98 Å². The average Bonchev–Trinajstić information content (AvgIpc) is 3.08. The van der Waals surface area contributed by atoms with Crippen LogP contribution in [-0.4, -0.2) is 38.6 Å². The number of nitrogens with one attached hydrogen (secondary N) is 2. The molecule has 3 N–H and O–H groups in total. The predicted molar refractivity (Wildman–Crippen MR) is 98.4 cm³/mol. The lowest BCUT2D eigenvalue weighted by Crippen LogP contribution is -2.15. The molecule has 0 fully saturated rings. The number of H-pyrrole nitrogens is 1. The predicted octanol–water partition coefficient (Wildman–Crippen LogP) is 2.74. The highest BCUT2D eigenvalue weighted by Gasteiger charge is 2.09. The average molecular weight is 354 g/mol. The normalized spacial score (nSPS) is 10.6. The molecule has 1 amide bonds. The molecule has 0 radical (unpaired) electrons. The summed E-state index contributed by atoms with van der Waals surface area (Å²) in [4.78, 5) is 16.3. The zero-order valence-electron chi connectivity index (χ0n) is 13.5. The van der Waals surface area contributed by atoms with Crippen LogP contribution < -0.4 is 5.32 Å². The van der Waals surface area contributed by atoms with Crippen LogP contribution in [0.15, 0.2) is 59.8 Å². The summed E-state index contributed by atoms with van der Waals surface area (Å²) in [6.07, 6.45) is 0.259. The Morgan fingerprint density at radius 3 is 2.52 bits per heavy atom. The van der Waals surface area contributed by atoms with Gasteiger partial charge in [0.25, 0.3) is 0 Å². The van der Waals surface area contributed by atoms with Crippen LogP contribution >= 0.6 is 11.8 Å². The third-order valence-electron chi connectivity index (χ3n) is 3.47. The van der Waals surface area contributed by atoms with Gasteiger partial charge in [0.1, 0.15) is 0 Å². The molecule has 1 heterocycles. The highest BCUT2D eigenvalue weighted by Crippen LogP contribution is 2.19. The Labute approximate surface area is 149 Å². The van der Waals surface area contributed by atoms with Gasteiger partial charge in [0, 0.05) is 5.75 Å². The van der Waals surface area contributed by atoms with Crippen molar-refractivity contribution in [2.24, 2.45) is 0 Å². The number of carbonyl (C=O) groups is 1. The molecule has 1 aromatic heterocycles. The number of thioether (sulfide) groups is 1. The Balaban J connectivity index is 1.57. The monoisotopic (exact) mass is 354 g/mol. The van der Waals surface area contributed by atoms with Crippen molar-refractivity contribution in [1.29, 1.82) is 0 Å². The molecule has 0 unspecified atom stereocenters. The summed E-state index contributed by atoms with van der Waals surface area (Å²) in [7, 11) is 0. The van der Waals surface area contributed by atoms with Crippen molar-refractivity contribution in [3.8, 4) is 11.1 Å². The second-order valence-electron chi connectivity index (χ2n) is 5.33. The fourth-order valence-corrected chi connectivity index (χ4v) is 2.85. The number of aromatic amines is 1. The fraction of sp³-hybridized carbons (Fsp3) is 0.167. The summed E-state index contributed by atoms with van der Waals surface area (Å²) in [5.41, 5.74) is 3.19. The summed E-state index contributed by atoms with van der Waals surface area (Å²) < 4.78 is 0. The number of rotatable bonds is 7. The van der Waals surface area contributed by atoms with Gasteiger partial charge in [-0.1, -0.05) is 66.4 Å². The van der Waals surface area contributed by atoms with Crippen LogP contribution in [0.25, 0.3) is 11.1 Å². The van der Waals surface area contributed by atoms with Crippen molar-refractivity contribution >= 4 is 23.6 Å². The van der Waals surface area contributed by atoms with Gasteiger partial charge in [-0.3, -0.25) is 10.1 Å². The highest BCUT2D eigenvalue weighted by molar-refractivity contribution is 7.99. The van der Waals surface area contributed by atoms with Gasteiger partial charge in [0.05, 0.1) is 13.0 Å². The van der Waals surface area contributed by atoms with Crippen LogP contribution in [0.4, 0.5) is 5.95 Å². The third-order valence-corrected chi connectivity index (χ3v) is 4.30. The van der Waals surface area contributed by atoms with Gasteiger partial charge in [0.15, 0.2) is 0 Å². The number of amides is 1. The molecule has 3 aromatic rings. The van der Waals surface area contributed by atoms with Gasteiger partial charge in [0.2, 0.25) is 17.0 Å². The number of nitrogens with zero attached hydrogens (tertiary/aromatic N) is 2. The number of hydrogen-bond donors (Lipinski definition) is 3. The first-order valence-corrected chi connectivity index (χ1v) is 8.83. The lowest BCUT2D eigenvalue weighted by atomic mass is 10.0. The van der Waals surface area contributed by atoms with Crippen molar-refractivity contribution < 1.29 is 9.90 Å². The second-order valence-corrected chi connectivity index (χ2v) is 6.39. The lowest BCUT2D eigenvalue weighted by Gasteiger charge is -2.05. The third kappa shape index (κ3) is 4.91. The molecule has 0 bridgehead atoms. The summed E-state index contributed by atoms with van der Waals surface area (Å²) >= 11 is 1.32. The van der Waals surface area contributed by atoms with E-state index < -0.39 is 0 Å². The van der Waals surface area contributed by atoms with Crippen molar-refractivity contribution in [1.82, 2.24) is 15.2 Å². The Kier molecular flexibility index (Phi) is 5.81. The van der Waals surface area contributed by atoms with Gasteiger partial charge in [-0.25, -0.2) is 5.10 Å². The molecule has 2 aromatic carbocycles. The number of aromatic nitrogens is 3. The molecule has 0 aliphatic carbocycles. The van der Waals surface area contributed by atoms with E-state index in [1.165, 1.54) is 11.8 Å². The maximum Gasteiger partial charge on any atom is 0.231 e. The summed E-state index contributed by atoms with van der Waals surface area (Å²) in [5, 5.41) is 18.6. The Morgan fingerprint density at radius 1 is 1.08 bits per heavy atom. The molecule has 0 atom stereocenters. The van der Waals surface area contributed by atoms with E-state index in [-0.39, 0.29) is 18.9 Å². The van der Waals surface area contributed by atoms with E-state index in [1.807, 2.05) is 42.5 Å². The minimum atomic E-state index is -0.165. The van der Waals surface area contributed by atoms with Crippen LogP contribution in [0.5, 0.6) is 0 Å². The Hall–Kier alpha value is -2.64. The number of benzene rings is 2. The lowest BCUT2D eigenvalue weighted by molar-refractivity contribution is -0.115. The number of anilines is 1. The van der Waals surface area contributed by atoms with Crippen molar-refractivity contribution in [3.63, 3.8) is 0 Å². The molecule has 25 heavy (non-hydrogen) atoms. The van der Waals surface area contributed by atoms with Crippen LogP contribution in [0.1, 0.15) is 5.56 Å². The topological polar surface area (TPSA) is 90.9 Å². The largest absolute Gasteiger partial charge is 0.396 e. The molecule has 3 rings (SSSR count). The smallest absolute Gasteiger partial charge is 0.231 e. The van der Waals surface area contributed by atoms with E-state index in [9.17, 15) is 4.79 Å². The number of aliphatic hydroxyl groups excluding tert-OH is 1. The minimum Gasteiger partial charge on any atom is -0.396 e. The van der Waals surface area contributed by atoms with Crippen LogP contribution in [0.3, 0.4) is 0 Å². The zero-order valence-corrected chi connectivity index (χ0v) is 14.3. The van der Waals surface area contributed by atoms with E-state index in [0.717, 1.165) is 16.7 Å². The standard InChI is InChI=1S/C18H18N4O2S/c23-10-11-25-18-20-17(21-22-18)19-16(24)12-13-6-8-15(9-7-13)14-4-2-1-3-5-14/h1-9,23H,10-12H2,(H2,19,20,21,22,24). The van der Waals surface area contributed by atoms with Crippen LogP contribution in [-0.2, 0) is 11.2 Å². The molecule has 128 valence electrons. The fourth-order valence-electron chi connectivity index (χ4n) is 2.31. The molecule has 0 aliphatic heterocycles. The molecule has 0 saturated heterocycles. The van der Waals surface area contributed by atoms with Crippen molar-refractivity contribution in [3.05, 3.63) is 60.2 Å². The van der Waals surface area contributed by atoms with Crippen LogP contribution in [0, 0.1) is 0 Å². The molecular formula is C18H18N4O2S. The second kappa shape index (κ2) is 8.46. The van der Waals surface area contributed by atoms with Gasteiger partial charge >= 0.3 is 0 Å². The summed E-state index contributed by atoms with van der Waals surface area (Å²) in [6.45, 7) is 0.0554. The quantitative estimate of drug-likeness (QED) is 0.568. The first-order chi connectivity index (χ1) is 12.2. The maximum absolute atomic E-state index is 12.1. The zero-order chi connectivity index (χ0) is 17.5. The van der Waals surface area contributed by atoms with Crippen molar-refractivity contribution in [2.75, 3.05) is 17.7 Å². The van der Waals surface area contributed by atoms with Crippen LogP contribution in [0.2, 0.25) is 0 Å². The maximum atomic E-state index is 12.1. The van der Waals surface area contributed by atoms with Gasteiger partial charge < -0.3 is 5.11 Å². The molecular weight excluding hydrogens is 336 g/mol. The Bertz CT molecular complexity index is 819. The van der Waals surface area contributed by atoms with E-state index in [2.05, 4.69) is 32.6 Å². The molecule has 0 saturated carbocycles. The molecule has 7 heteroatoms. The minimum absolute atomic E-state index is 0.0554. The molecule has 0 spiro atoms. The Morgan fingerprint density at radius 2 is 1.80 bits per heavy atom. The molecule has 0 aliphatic rings. The SMILES string of the molecule is O=C(Cc1ccc(-c2ccccc2)cc1)Nc1nc(SCCO)n[nH]1.